The van der Waals surface area contributed by atoms with E-state index in [2.05, 4.69) is 29.2 Å². The molecule has 1 aromatic heterocycles. The smallest absolute Gasteiger partial charge is 0.343 e. The zero-order chi connectivity index (χ0) is 18.4. The van der Waals surface area contributed by atoms with Crippen LogP contribution in [0, 0.1) is 0 Å². The molecule has 0 radical (unpaired) electrons. The van der Waals surface area contributed by atoms with Crippen molar-refractivity contribution < 1.29 is 9.53 Å². The quantitative estimate of drug-likeness (QED) is 0.258. The number of fused-ring (bicyclic) bond motifs is 5. The molecule has 0 atom stereocenters. The van der Waals surface area contributed by atoms with Crippen LogP contribution in [-0.4, -0.2) is 11.0 Å². The normalized spacial score (nSPS) is 11.3. The van der Waals surface area contributed by atoms with Crippen molar-refractivity contribution >= 4 is 44.2 Å². The number of aromatic nitrogens is 1. The molecule has 130 valence electrons. The van der Waals surface area contributed by atoms with Gasteiger partial charge in [-0.2, -0.15) is 0 Å². The minimum Gasteiger partial charge on any atom is -0.423 e. The summed E-state index contributed by atoms with van der Waals surface area (Å²) >= 11 is 0. The number of esters is 1. The van der Waals surface area contributed by atoms with Gasteiger partial charge in [0.25, 0.3) is 0 Å². The van der Waals surface area contributed by atoms with Gasteiger partial charge in [-0.05, 0) is 41.8 Å². The van der Waals surface area contributed by atoms with Crippen LogP contribution in [0.15, 0.2) is 78.9 Å². The Morgan fingerprint density at radius 2 is 1.67 bits per heavy atom. The fraction of sp³-hybridized carbons (Fsp3) is 0. The number of nitrogen functional groups attached to an aromatic ring is 1. The maximum absolute atomic E-state index is 12.4. The molecule has 0 amide bonds. The van der Waals surface area contributed by atoms with Gasteiger partial charge in [-0.25, -0.2) is 4.79 Å². The van der Waals surface area contributed by atoms with E-state index in [4.69, 9.17) is 10.5 Å². The summed E-state index contributed by atoms with van der Waals surface area (Å²) in [5, 5.41) is 4.42. The van der Waals surface area contributed by atoms with Crippen molar-refractivity contribution in [2.24, 2.45) is 0 Å². The van der Waals surface area contributed by atoms with Gasteiger partial charge in [0.2, 0.25) is 0 Å². The molecule has 0 aliphatic heterocycles. The molecule has 5 aromatic rings. The summed E-state index contributed by atoms with van der Waals surface area (Å²) in [5.41, 5.74) is 8.83. The van der Waals surface area contributed by atoms with Crippen molar-refractivity contribution in [1.29, 1.82) is 0 Å². The molecule has 0 unspecified atom stereocenters. The van der Waals surface area contributed by atoms with Gasteiger partial charge in [0, 0.05) is 27.4 Å². The first kappa shape index (κ1) is 15.5. The highest BCUT2D eigenvalue weighted by Crippen LogP contribution is 2.33. The Labute approximate surface area is 155 Å². The maximum atomic E-state index is 12.4. The number of anilines is 1. The van der Waals surface area contributed by atoms with Gasteiger partial charge in [0.1, 0.15) is 5.75 Å². The minimum atomic E-state index is -0.425. The van der Waals surface area contributed by atoms with E-state index in [0.717, 1.165) is 27.2 Å². The van der Waals surface area contributed by atoms with E-state index in [9.17, 15) is 4.79 Å². The number of carbonyl (C=O) groups is 1. The number of carbonyl (C=O) groups excluding carboxylic acids is 1. The van der Waals surface area contributed by atoms with Crippen LogP contribution in [0.1, 0.15) is 10.4 Å². The van der Waals surface area contributed by atoms with Gasteiger partial charge in [-0.1, -0.05) is 42.5 Å². The van der Waals surface area contributed by atoms with E-state index in [-0.39, 0.29) is 0 Å². The summed E-state index contributed by atoms with van der Waals surface area (Å²) in [6.45, 7) is 0. The van der Waals surface area contributed by atoms with Crippen molar-refractivity contribution in [3.8, 4) is 5.75 Å². The summed E-state index contributed by atoms with van der Waals surface area (Å²) in [4.78, 5) is 15.9. The Morgan fingerprint density at radius 3 is 2.56 bits per heavy atom. The van der Waals surface area contributed by atoms with Crippen LogP contribution >= 0.6 is 0 Å². The number of hydrogen-bond acceptors (Lipinski definition) is 3. The number of para-hydroxylation sites is 1. The summed E-state index contributed by atoms with van der Waals surface area (Å²) in [6, 6.07) is 24.8. The number of benzene rings is 4. The number of nitrogens with one attached hydrogen (secondary N) is 1. The molecule has 4 aromatic carbocycles. The Balaban J connectivity index is 1.61. The fourth-order valence-electron chi connectivity index (χ4n) is 3.51. The van der Waals surface area contributed by atoms with E-state index < -0.39 is 5.97 Å². The molecular weight excluding hydrogens is 336 g/mol. The molecule has 4 nitrogen and oxygen atoms in total. The molecule has 3 N–H and O–H groups in total. The Morgan fingerprint density at radius 1 is 0.815 bits per heavy atom. The molecule has 4 heteroatoms. The van der Waals surface area contributed by atoms with Gasteiger partial charge in [-0.15, -0.1) is 0 Å². The van der Waals surface area contributed by atoms with Crippen LogP contribution in [0.5, 0.6) is 5.75 Å². The predicted octanol–water partition coefficient (Wildman–Crippen LogP) is 5.28. The number of aromatic amines is 1. The highest BCUT2D eigenvalue weighted by molar-refractivity contribution is 6.17. The second-order valence-electron chi connectivity index (χ2n) is 6.56. The number of rotatable bonds is 2. The fourth-order valence-corrected chi connectivity index (χ4v) is 3.51. The second-order valence-corrected chi connectivity index (χ2v) is 6.56. The molecule has 0 saturated heterocycles. The van der Waals surface area contributed by atoms with Crippen molar-refractivity contribution in [1.82, 2.24) is 4.98 Å². The minimum absolute atomic E-state index is 0.425. The van der Waals surface area contributed by atoms with Crippen molar-refractivity contribution in [2.75, 3.05) is 5.73 Å². The Kier molecular flexibility index (Phi) is 3.37. The van der Waals surface area contributed by atoms with Gasteiger partial charge >= 0.3 is 5.97 Å². The zero-order valence-electron chi connectivity index (χ0n) is 14.4. The van der Waals surface area contributed by atoms with Crippen LogP contribution in [0.2, 0.25) is 0 Å². The SMILES string of the molecule is Nc1cccc(C(=O)Oc2ccc3ccc4c5ccccc5[nH]c4c3c2)c1. The first-order chi connectivity index (χ1) is 13.2. The average Bonchev–Trinajstić information content (AvgIpc) is 3.07. The first-order valence-corrected chi connectivity index (χ1v) is 8.70. The lowest BCUT2D eigenvalue weighted by atomic mass is 10.1. The number of nitrogens with two attached hydrogens (primary N) is 1. The largest absolute Gasteiger partial charge is 0.423 e. The van der Waals surface area contributed by atoms with E-state index in [1.807, 2.05) is 24.3 Å². The average molecular weight is 352 g/mol. The topological polar surface area (TPSA) is 68.1 Å². The molecule has 27 heavy (non-hydrogen) atoms. The van der Waals surface area contributed by atoms with E-state index >= 15 is 0 Å². The van der Waals surface area contributed by atoms with Crippen LogP contribution < -0.4 is 10.5 Å². The molecule has 0 bridgehead atoms. The van der Waals surface area contributed by atoms with Gasteiger partial charge in [-0.3, -0.25) is 0 Å². The predicted molar refractivity (Wildman–Crippen MR) is 109 cm³/mol. The Bertz CT molecular complexity index is 1330. The molecule has 1 heterocycles. The third-order valence-corrected chi connectivity index (χ3v) is 4.80. The van der Waals surface area contributed by atoms with Crippen molar-refractivity contribution in [3.05, 3.63) is 84.4 Å². The summed E-state index contributed by atoms with van der Waals surface area (Å²) in [5.74, 6) is 0.0755. The highest BCUT2D eigenvalue weighted by Gasteiger charge is 2.12. The second kappa shape index (κ2) is 5.88. The third kappa shape index (κ3) is 2.59. The summed E-state index contributed by atoms with van der Waals surface area (Å²) in [7, 11) is 0. The molecule has 0 aliphatic rings. The van der Waals surface area contributed by atoms with Crippen molar-refractivity contribution in [3.63, 3.8) is 0 Å². The monoisotopic (exact) mass is 352 g/mol. The third-order valence-electron chi connectivity index (χ3n) is 4.80. The molecule has 0 aliphatic carbocycles. The van der Waals surface area contributed by atoms with Gasteiger partial charge in [0.15, 0.2) is 0 Å². The van der Waals surface area contributed by atoms with Crippen LogP contribution in [-0.2, 0) is 0 Å². The molecule has 0 saturated carbocycles. The maximum Gasteiger partial charge on any atom is 0.343 e. The van der Waals surface area contributed by atoms with Crippen molar-refractivity contribution in [2.45, 2.75) is 0 Å². The molecule has 5 rings (SSSR count). The summed E-state index contributed by atoms with van der Waals surface area (Å²) < 4.78 is 5.58. The van der Waals surface area contributed by atoms with E-state index in [1.54, 1.807) is 30.3 Å². The lowest BCUT2D eigenvalue weighted by molar-refractivity contribution is 0.0735. The van der Waals surface area contributed by atoms with E-state index in [0.29, 0.717) is 17.0 Å². The van der Waals surface area contributed by atoms with Gasteiger partial charge < -0.3 is 15.5 Å². The number of hydrogen-bond donors (Lipinski definition) is 2. The lowest BCUT2D eigenvalue weighted by Crippen LogP contribution is -2.08. The zero-order valence-corrected chi connectivity index (χ0v) is 14.4. The van der Waals surface area contributed by atoms with E-state index in [1.165, 1.54) is 5.39 Å². The standard InChI is InChI=1S/C23H16N2O2/c24-16-5-3-4-15(12-16)23(26)27-17-10-8-14-9-11-19-18-6-1-2-7-21(18)25-22(19)20(14)13-17/h1-13,25H,24H2. The van der Waals surface area contributed by atoms with Gasteiger partial charge in [0.05, 0.1) is 11.1 Å². The first-order valence-electron chi connectivity index (χ1n) is 8.70. The van der Waals surface area contributed by atoms with Crippen LogP contribution in [0.4, 0.5) is 5.69 Å². The van der Waals surface area contributed by atoms with Crippen LogP contribution in [0.3, 0.4) is 0 Å². The summed E-state index contributed by atoms with van der Waals surface area (Å²) in [6.07, 6.45) is 0. The number of ether oxygens (including phenoxy) is 1. The number of H-pyrrole nitrogens is 1. The molecule has 0 spiro atoms. The van der Waals surface area contributed by atoms with Crippen LogP contribution in [0.25, 0.3) is 32.6 Å². The molecular formula is C23H16N2O2. The highest BCUT2D eigenvalue weighted by atomic mass is 16.5. The Hall–Kier alpha value is -3.79. The lowest BCUT2D eigenvalue weighted by Gasteiger charge is -2.07. The molecule has 0 fully saturated rings.